The summed E-state index contributed by atoms with van der Waals surface area (Å²) in [6.07, 6.45) is 4.00. The lowest BCUT2D eigenvalue weighted by atomic mass is 10.1. The standard InChI is InChI=1S/C25H21N3O7S/c1-28-23(25(31)27-21-9-5-6-14-26-21)24(17-7-3-4-8-20(17)36(28,32)33)35-22(30)13-11-16-10-12-18(29)19(15-16)34-2/h3-15,29H,1-2H3,(H,26,27,31)/b13-11+. The highest BCUT2D eigenvalue weighted by molar-refractivity contribution is 7.89. The molecule has 1 aromatic heterocycles. The summed E-state index contributed by atoms with van der Waals surface area (Å²) in [4.78, 5) is 29.9. The fraction of sp³-hybridized carbons (Fsp3) is 0.0800. The molecule has 0 atom stereocenters. The molecular weight excluding hydrogens is 486 g/mol. The quantitative estimate of drug-likeness (QED) is 0.384. The molecule has 1 amide bonds. The van der Waals surface area contributed by atoms with E-state index in [0.29, 0.717) is 5.56 Å². The Balaban J connectivity index is 1.73. The van der Waals surface area contributed by atoms with Crippen LogP contribution in [0.1, 0.15) is 11.1 Å². The first-order chi connectivity index (χ1) is 17.2. The zero-order valence-corrected chi connectivity index (χ0v) is 20.0. The van der Waals surface area contributed by atoms with Crippen LogP contribution in [0.4, 0.5) is 5.82 Å². The van der Waals surface area contributed by atoms with Crippen molar-refractivity contribution in [2.45, 2.75) is 4.90 Å². The number of amides is 1. The van der Waals surface area contributed by atoms with Crippen LogP contribution >= 0.6 is 0 Å². The molecule has 0 saturated heterocycles. The van der Waals surface area contributed by atoms with Gasteiger partial charge in [-0.2, -0.15) is 0 Å². The SMILES string of the molecule is COc1cc(/C=C/C(=O)OC2=C(C(=O)Nc3ccccn3)N(C)S(=O)(=O)c3ccccc32)ccc1O. The van der Waals surface area contributed by atoms with Gasteiger partial charge in [-0.25, -0.2) is 18.2 Å². The van der Waals surface area contributed by atoms with E-state index in [9.17, 15) is 23.1 Å². The van der Waals surface area contributed by atoms with Gasteiger partial charge in [0.1, 0.15) is 5.82 Å². The Labute approximate surface area is 207 Å². The van der Waals surface area contributed by atoms with Gasteiger partial charge in [-0.05, 0) is 48.0 Å². The van der Waals surface area contributed by atoms with E-state index >= 15 is 0 Å². The summed E-state index contributed by atoms with van der Waals surface area (Å²) in [6, 6.07) is 15.2. The number of benzene rings is 2. The Bertz CT molecular complexity index is 1500. The number of anilines is 1. The second kappa shape index (κ2) is 9.92. The lowest BCUT2D eigenvalue weighted by Crippen LogP contribution is -2.38. The van der Waals surface area contributed by atoms with Crippen molar-refractivity contribution < 1.29 is 32.6 Å². The van der Waals surface area contributed by atoms with Gasteiger partial charge >= 0.3 is 5.97 Å². The average molecular weight is 508 g/mol. The van der Waals surface area contributed by atoms with E-state index in [1.165, 1.54) is 62.8 Å². The van der Waals surface area contributed by atoms with Crippen molar-refractivity contribution in [3.8, 4) is 11.5 Å². The van der Waals surface area contributed by atoms with Gasteiger partial charge in [0, 0.05) is 24.9 Å². The van der Waals surface area contributed by atoms with Gasteiger partial charge in [0.05, 0.1) is 12.0 Å². The number of nitrogens with one attached hydrogen (secondary N) is 1. The third-order valence-corrected chi connectivity index (χ3v) is 7.06. The van der Waals surface area contributed by atoms with E-state index < -0.39 is 21.9 Å². The molecule has 10 nitrogen and oxygen atoms in total. The molecule has 0 spiro atoms. The smallest absolute Gasteiger partial charge is 0.336 e. The molecule has 11 heteroatoms. The third-order valence-electron chi connectivity index (χ3n) is 5.24. The van der Waals surface area contributed by atoms with Gasteiger partial charge in [0.15, 0.2) is 23.0 Å². The Morgan fingerprint density at radius 3 is 2.56 bits per heavy atom. The molecule has 0 bridgehead atoms. The Kier molecular flexibility index (Phi) is 6.75. The fourth-order valence-corrected chi connectivity index (χ4v) is 4.87. The highest BCUT2D eigenvalue weighted by atomic mass is 32.2. The highest BCUT2D eigenvalue weighted by Gasteiger charge is 2.39. The minimum Gasteiger partial charge on any atom is -0.504 e. The molecule has 0 saturated carbocycles. The van der Waals surface area contributed by atoms with Crippen LogP contribution in [-0.4, -0.2) is 48.8 Å². The minimum atomic E-state index is -4.10. The molecule has 36 heavy (non-hydrogen) atoms. The molecule has 184 valence electrons. The van der Waals surface area contributed by atoms with E-state index in [-0.39, 0.29) is 39.2 Å². The monoisotopic (exact) mass is 507 g/mol. The van der Waals surface area contributed by atoms with Crippen molar-refractivity contribution in [3.05, 3.63) is 89.8 Å². The van der Waals surface area contributed by atoms with Gasteiger partial charge in [-0.15, -0.1) is 0 Å². The first-order valence-corrected chi connectivity index (χ1v) is 12.0. The van der Waals surface area contributed by atoms with Crippen molar-refractivity contribution in [2.75, 3.05) is 19.5 Å². The number of carbonyl (C=O) groups excluding carboxylic acids is 2. The number of likely N-dealkylation sites (N-methyl/N-ethyl adjacent to an activating group) is 1. The second-order valence-corrected chi connectivity index (χ2v) is 9.44. The van der Waals surface area contributed by atoms with Crippen LogP contribution in [-0.2, 0) is 24.3 Å². The summed E-state index contributed by atoms with van der Waals surface area (Å²) >= 11 is 0. The molecule has 0 fully saturated rings. The number of fused-ring (bicyclic) bond motifs is 1. The minimum absolute atomic E-state index is 0.0611. The number of hydrogen-bond donors (Lipinski definition) is 2. The molecule has 1 aliphatic rings. The van der Waals surface area contributed by atoms with Crippen LogP contribution < -0.4 is 10.1 Å². The Hall–Kier alpha value is -4.64. The number of sulfonamides is 1. The van der Waals surface area contributed by atoms with Crippen LogP contribution in [0.5, 0.6) is 11.5 Å². The number of nitrogens with zero attached hydrogens (tertiary/aromatic N) is 2. The van der Waals surface area contributed by atoms with Crippen LogP contribution in [0.15, 0.2) is 83.5 Å². The van der Waals surface area contributed by atoms with Crippen LogP contribution in [0.3, 0.4) is 0 Å². The summed E-state index contributed by atoms with van der Waals surface area (Å²) in [5.41, 5.74) is 0.217. The summed E-state index contributed by atoms with van der Waals surface area (Å²) in [5, 5.41) is 12.3. The third kappa shape index (κ3) is 4.77. The first-order valence-electron chi connectivity index (χ1n) is 10.5. The predicted octanol–water partition coefficient (Wildman–Crippen LogP) is 2.99. The van der Waals surface area contributed by atoms with Crippen molar-refractivity contribution >= 4 is 39.6 Å². The molecule has 0 radical (unpaired) electrons. The van der Waals surface area contributed by atoms with Gasteiger partial charge < -0.3 is 19.9 Å². The maximum Gasteiger partial charge on any atom is 0.336 e. The molecule has 3 aromatic rings. The lowest BCUT2D eigenvalue weighted by Gasteiger charge is -2.29. The molecule has 0 unspecified atom stereocenters. The molecular formula is C25H21N3O7S. The Morgan fingerprint density at radius 1 is 1.08 bits per heavy atom. The van der Waals surface area contributed by atoms with Crippen molar-refractivity contribution in [3.63, 3.8) is 0 Å². The van der Waals surface area contributed by atoms with Crippen molar-refractivity contribution in [2.24, 2.45) is 0 Å². The van der Waals surface area contributed by atoms with Gasteiger partial charge in [0.25, 0.3) is 15.9 Å². The normalized spacial score (nSPS) is 14.3. The Morgan fingerprint density at radius 2 is 1.83 bits per heavy atom. The molecule has 2 aromatic carbocycles. The van der Waals surface area contributed by atoms with Gasteiger partial charge in [0.2, 0.25) is 0 Å². The summed E-state index contributed by atoms with van der Waals surface area (Å²) in [6.45, 7) is 0. The van der Waals surface area contributed by atoms with Gasteiger partial charge in [-0.3, -0.25) is 9.10 Å². The van der Waals surface area contributed by atoms with Gasteiger partial charge in [-0.1, -0.05) is 24.3 Å². The van der Waals surface area contributed by atoms with Crippen molar-refractivity contribution in [1.82, 2.24) is 9.29 Å². The number of aromatic nitrogens is 1. The average Bonchev–Trinajstić information content (AvgIpc) is 2.87. The molecule has 2 heterocycles. The lowest BCUT2D eigenvalue weighted by molar-refractivity contribution is -0.131. The number of hydrogen-bond acceptors (Lipinski definition) is 8. The molecule has 0 aliphatic carbocycles. The van der Waals surface area contributed by atoms with Crippen LogP contribution in [0, 0.1) is 0 Å². The maximum absolute atomic E-state index is 13.2. The van der Waals surface area contributed by atoms with Crippen LogP contribution in [0.2, 0.25) is 0 Å². The zero-order valence-electron chi connectivity index (χ0n) is 19.2. The van der Waals surface area contributed by atoms with E-state index in [4.69, 9.17) is 9.47 Å². The van der Waals surface area contributed by atoms with E-state index in [1.807, 2.05) is 0 Å². The second-order valence-electron chi connectivity index (χ2n) is 7.50. The fourth-order valence-electron chi connectivity index (χ4n) is 3.48. The number of phenolic OH excluding ortho intramolecular Hbond substituents is 1. The topological polar surface area (TPSA) is 135 Å². The van der Waals surface area contributed by atoms with E-state index in [0.717, 1.165) is 10.4 Å². The zero-order chi connectivity index (χ0) is 25.9. The van der Waals surface area contributed by atoms with Crippen molar-refractivity contribution in [1.29, 1.82) is 0 Å². The number of phenols is 1. The number of esters is 1. The summed E-state index contributed by atoms with van der Waals surface area (Å²) < 4.78 is 37.6. The van der Waals surface area contributed by atoms with Crippen LogP contribution in [0.25, 0.3) is 11.8 Å². The predicted molar refractivity (Wildman–Crippen MR) is 131 cm³/mol. The number of aromatic hydroxyl groups is 1. The van der Waals surface area contributed by atoms with E-state index in [2.05, 4.69) is 10.3 Å². The molecule has 2 N–H and O–H groups in total. The summed E-state index contributed by atoms with van der Waals surface area (Å²) in [5.74, 6) is -1.57. The largest absolute Gasteiger partial charge is 0.504 e. The molecule has 1 aliphatic heterocycles. The number of pyridine rings is 1. The summed E-state index contributed by atoms with van der Waals surface area (Å²) in [7, 11) is -1.50. The highest BCUT2D eigenvalue weighted by Crippen LogP contribution is 2.37. The number of ether oxygens (including phenoxy) is 2. The van der Waals surface area contributed by atoms with E-state index in [1.54, 1.807) is 24.3 Å². The molecule has 4 rings (SSSR count). The number of methoxy groups -OCH3 is 1. The number of rotatable bonds is 6. The first kappa shape index (κ1) is 24.5. The maximum atomic E-state index is 13.2. The number of carbonyl (C=O) groups is 2.